The number of ether oxygens (including phenoxy) is 1. The van der Waals surface area contributed by atoms with Gasteiger partial charge in [0.25, 0.3) is 0 Å². The number of nitrogens with one attached hydrogen (secondary N) is 1. The lowest BCUT2D eigenvalue weighted by Crippen LogP contribution is -1.98. The Bertz CT molecular complexity index is 1000. The van der Waals surface area contributed by atoms with Gasteiger partial charge in [-0.3, -0.25) is 4.79 Å². The number of fused-ring (bicyclic) bond motifs is 2. The summed E-state index contributed by atoms with van der Waals surface area (Å²) < 4.78 is 18.6. The Labute approximate surface area is 129 Å². The Kier molecular flexibility index (Phi) is 2.68. The number of ketones is 1. The maximum absolute atomic E-state index is 13.2. The molecule has 4 rings (SSSR count). The lowest BCUT2D eigenvalue weighted by Gasteiger charge is -2.00. The van der Waals surface area contributed by atoms with Gasteiger partial charge < -0.3 is 19.9 Å². The number of H-pyrrole nitrogens is 1. The molecule has 1 aliphatic rings. The molecule has 3 aromatic rings. The van der Waals surface area contributed by atoms with E-state index in [2.05, 4.69) is 4.98 Å². The van der Waals surface area contributed by atoms with Gasteiger partial charge in [0.1, 0.15) is 28.6 Å². The number of aromatic nitrogens is 1. The summed E-state index contributed by atoms with van der Waals surface area (Å²) in [7, 11) is 0. The van der Waals surface area contributed by atoms with Crippen LogP contribution in [0.25, 0.3) is 17.0 Å². The van der Waals surface area contributed by atoms with E-state index in [4.69, 9.17) is 4.74 Å². The van der Waals surface area contributed by atoms with Crippen molar-refractivity contribution < 1.29 is 24.1 Å². The van der Waals surface area contributed by atoms with Gasteiger partial charge in [0.15, 0.2) is 5.76 Å². The predicted octanol–water partition coefficient (Wildman–Crippen LogP) is 3.33. The second kappa shape index (κ2) is 4.61. The van der Waals surface area contributed by atoms with E-state index in [0.29, 0.717) is 11.1 Å². The van der Waals surface area contributed by atoms with E-state index in [1.54, 1.807) is 12.3 Å². The molecule has 23 heavy (non-hydrogen) atoms. The zero-order valence-electron chi connectivity index (χ0n) is 11.6. The zero-order valence-corrected chi connectivity index (χ0v) is 11.6. The first-order valence-corrected chi connectivity index (χ1v) is 6.80. The molecule has 0 spiro atoms. The number of carbonyl (C=O) groups excluding carboxylic acids is 1. The average Bonchev–Trinajstić information content (AvgIpc) is 3.01. The van der Waals surface area contributed by atoms with E-state index >= 15 is 0 Å². The molecule has 0 atom stereocenters. The number of phenolic OH excluding ortho intramolecular Hbond substituents is 2. The SMILES string of the molecule is O=C1C(=Cc2c[nH]c3cc(F)ccc23)Oc2cc(O)cc(O)c21. The molecule has 6 heteroatoms. The highest BCUT2D eigenvalue weighted by Crippen LogP contribution is 2.40. The Morgan fingerprint density at radius 1 is 1.17 bits per heavy atom. The van der Waals surface area contributed by atoms with Crippen LogP contribution in [0.4, 0.5) is 4.39 Å². The van der Waals surface area contributed by atoms with Crippen molar-refractivity contribution in [2.24, 2.45) is 0 Å². The van der Waals surface area contributed by atoms with Crippen molar-refractivity contribution in [3.8, 4) is 17.2 Å². The number of halogens is 1. The number of benzene rings is 2. The summed E-state index contributed by atoms with van der Waals surface area (Å²) in [5.41, 5.74) is 1.26. The van der Waals surface area contributed by atoms with E-state index in [-0.39, 0.29) is 34.4 Å². The minimum atomic E-state index is -0.478. The molecule has 1 aliphatic heterocycles. The van der Waals surface area contributed by atoms with Crippen molar-refractivity contribution in [2.75, 3.05) is 0 Å². The van der Waals surface area contributed by atoms with Crippen LogP contribution >= 0.6 is 0 Å². The second-order valence-electron chi connectivity index (χ2n) is 5.21. The highest BCUT2D eigenvalue weighted by molar-refractivity contribution is 6.16. The number of aromatic amines is 1. The monoisotopic (exact) mass is 311 g/mol. The molecule has 2 heterocycles. The molecular formula is C17H10FNO4. The van der Waals surface area contributed by atoms with Gasteiger partial charge in [0, 0.05) is 34.8 Å². The lowest BCUT2D eigenvalue weighted by molar-refractivity contribution is 0.101. The quantitative estimate of drug-likeness (QED) is 0.602. The minimum Gasteiger partial charge on any atom is -0.508 e. The van der Waals surface area contributed by atoms with Crippen LogP contribution in [0.2, 0.25) is 0 Å². The van der Waals surface area contributed by atoms with Gasteiger partial charge in [-0.2, -0.15) is 0 Å². The van der Waals surface area contributed by atoms with E-state index in [9.17, 15) is 19.4 Å². The highest BCUT2D eigenvalue weighted by atomic mass is 19.1. The summed E-state index contributed by atoms with van der Waals surface area (Å²) >= 11 is 0. The van der Waals surface area contributed by atoms with Gasteiger partial charge in [0.2, 0.25) is 5.78 Å². The largest absolute Gasteiger partial charge is 0.508 e. The molecule has 1 aromatic heterocycles. The average molecular weight is 311 g/mol. The molecule has 2 aromatic carbocycles. The Hall–Kier alpha value is -3.28. The maximum Gasteiger partial charge on any atom is 0.235 e. The van der Waals surface area contributed by atoms with Crippen LogP contribution in [0.1, 0.15) is 15.9 Å². The third-order valence-electron chi connectivity index (χ3n) is 3.70. The summed E-state index contributed by atoms with van der Waals surface area (Å²) in [5.74, 6) is -1.25. The summed E-state index contributed by atoms with van der Waals surface area (Å²) in [6, 6.07) is 6.63. The first-order valence-electron chi connectivity index (χ1n) is 6.80. The number of Topliss-reactive ketones (excluding diaryl/α,β-unsaturated/α-hetero) is 1. The minimum absolute atomic E-state index is 0.0138. The molecule has 0 saturated carbocycles. The van der Waals surface area contributed by atoms with Gasteiger partial charge in [-0.1, -0.05) is 0 Å². The number of hydrogen-bond donors (Lipinski definition) is 3. The predicted molar refractivity (Wildman–Crippen MR) is 81.0 cm³/mol. The molecule has 0 unspecified atom stereocenters. The Morgan fingerprint density at radius 3 is 2.83 bits per heavy atom. The van der Waals surface area contributed by atoms with Crippen LogP contribution in [0.3, 0.4) is 0 Å². The molecule has 0 radical (unpaired) electrons. The van der Waals surface area contributed by atoms with Gasteiger partial charge in [-0.25, -0.2) is 4.39 Å². The van der Waals surface area contributed by atoms with Crippen LogP contribution in [-0.2, 0) is 0 Å². The fraction of sp³-hybridized carbons (Fsp3) is 0. The molecule has 0 fully saturated rings. The molecule has 0 bridgehead atoms. The smallest absolute Gasteiger partial charge is 0.235 e. The third kappa shape index (κ3) is 2.03. The summed E-state index contributed by atoms with van der Waals surface area (Å²) in [6.07, 6.45) is 3.14. The number of aromatic hydroxyl groups is 2. The standard InChI is InChI=1S/C17H10FNO4/c18-9-1-2-11-8(7-19-12(11)4-9)3-15-17(22)16-13(21)5-10(20)6-14(16)23-15/h1-7,19-21H. The van der Waals surface area contributed by atoms with Crippen molar-refractivity contribution in [3.05, 3.63) is 59.2 Å². The molecular weight excluding hydrogens is 301 g/mol. The van der Waals surface area contributed by atoms with Crippen molar-refractivity contribution in [2.45, 2.75) is 0 Å². The van der Waals surface area contributed by atoms with Crippen molar-refractivity contribution in [1.29, 1.82) is 0 Å². The van der Waals surface area contributed by atoms with Gasteiger partial charge in [-0.05, 0) is 24.3 Å². The number of phenols is 2. The Morgan fingerprint density at radius 2 is 2.00 bits per heavy atom. The fourth-order valence-corrected chi connectivity index (χ4v) is 2.66. The first kappa shape index (κ1) is 13.4. The van der Waals surface area contributed by atoms with E-state index in [1.165, 1.54) is 24.3 Å². The molecule has 5 nitrogen and oxygen atoms in total. The van der Waals surface area contributed by atoms with Crippen molar-refractivity contribution >= 4 is 22.8 Å². The lowest BCUT2D eigenvalue weighted by atomic mass is 10.1. The number of hydrogen-bond acceptors (Lipinski definition) is 4. The van der Waals surface area contributed by atoms with Crippen molar-refractivity contribution in [1.82, 2.24) is 4.98 Å². The molecule has 0 saturated heterocycles. The van der Waals surface area contributed by atoms with Crippen LogP contribution in [0.15, 0.2) is 42.3 Å². The Balaban J connectivity index is 1.81. The molecule has 0 amide bonds. The fourth-order valence-electron chi connectivity index (χ4n) is 2.66. The molecule has 114 valence electrons. The molecule has 0 aliphatic carbocycles. The number of carbonyl (C=O) groups is 1. The normalized spacial score (nSPS) is 15.2. The van der Waals surface area contributed by atoms with Crippen LogP contribution < -0.4 is 4.74 Å². The van der Waals surface area contributed by atoms with Gasteiger partial charge in [-0.15, -0.1) is 0 Å². The van der Waals surface area contributed by atoms with Gasteiger partial charge in [0.05, 0.1) is 0 Å². The second-order valence-corrected chi connectivity index (χ2v) is 5.21. The summed E-state index contributed by atoms with van der Waals surface area (Å²) in [5, 5.41) is 20.0. The van der Waals surface area contributed by atoms with Crippen LogP contribution in [0.5, 0.6) is 17.2 Å². The summed E-state index contributed by atoms with van der Waals surface area (Å²) in [6.45, 7) is 0. The van der Waals surface area contributed by atoms with Gasteiger partial charge >= 0.3 is 0 Å². The topological polar surface area (TPSA) is 82.6 Å². The molecule has 3 N–H and O–H groups in total. The number of allylic oxidation sites excluding steroid dienone is 1. The zero-order chi connectivity index (χ0) is 16.1. The highest BCUT2D eigenvalue weighted by Gasteiger charge is 2.31. The maximum atomic E-state index is 13.2. The van der Waals surface area contributed by atoms with E-state index in [1.807, 2.05) is 0 Å². The summed E-state index contributed by atoms with van der Waals surface area (Å²) in [4.78, 5) is 15.3. The van der Waals surface area contributed by atoms with Crippen molar-refractivity contribution in [3.63, 3.8) is 0 Å². The first-order chi connectivity index (χ1) is 11.0. The van der Waals surface area contributed by atoms with Crippen LogP contribution in [0, 0.1) is 5.82 Å². The number of rotatable bonds is 1. The van der Waals surface area contributed by atoms with E-state index in [0.717, 1.165) is 11.5 Å². The van der Waals surface area contributed by atoms with E-state index < -0.39 is 5.78 Å². The third-order valence-corrected chi connectivity index (χ3v) is 3.70. The van der Waals surface area contributed by atoms with Crippen LogP contribution in [-0.4, -0.2) is 21.0 Å².